The molecule has 0 aliphatic carbocycles. The fourth-order valence-corrected chi connectivity index (χ4v) is 3.75. The molecule has 5 heterocycles. The van der Waals surface area contributed by atoms with E-state index >= 15 is 0 Å². The highest BCUT2D eigenvalue weighted by Gasteiger charge is 2.37. The standard InChI is InChI=1S/C9H4BrF3N2O.C9H5F3N2O.C6H10O3.C5H6N2.Br2/c10-6-7(9(11,12)13)14-5-3-1-2-4-15(5)8(6)16;10-9(11,12)6-5-8(15)14-4-2-1-3-7(14)13-6;1-3-9-6(8)4-5(2)7;6-5-3-1-2-4-7-5;1-2/h1-4H;1-5H;3-4H2,1-2H3;1-4H,(H2,6,7);. The zero-order valence-electron chi connectivity index (χ0n) is 25.2. The van der Waals surface area contributed by atoms with Gasteiger partial charge >= 0.3 is 18.3 Å². The van der Waals surface area contributed by atoms with Crippen molar-refractivity contribution < 1.29 is 40.7 Å². The first kappa shape index (κ1) is 42.9. The number of ketones is 1. The van der Waals surface area contributed by atoms with Gasteiger partial charge in [-0.2, -0.15) is 26.3 Å². The first-order chi connectivity index (χ1) is 22.9. The van der Waals surface area contributed by atoms with Crippen molar-refractivity contribution in [2.45, 2.75) is 32.6 Å². The van der Waals surface area contributed by atoms with Crippen molar-refractivity contribution in [3.63, 3.8) is 0 Å². The second-order valence-corrected chi connectivity index (χ2v) is 9.64. The van der Waals surface area contributed by atoms with Crippen LogP contribution in [0.15, 0.2) is 93.3 Å². The monoisotopic (exact) mass is 888 g/mol. The first-order valence-corrected chi connectivity index (χ1v) is 17.7. The summed E-state index contributed by atoms with van der Waals surface area (Å²) in [6.45, 7) is 3.40. The van der Waals surface area contributed by atoms with Crippen molar-refractivity contribution in [3.8, 4) is 0 Å². The lowest BCUT2D eigenvalue weighted by atomic mass is 10.3. The maximum atomic E-state index is 12.5. The number of aromatic nitrogens is 5. The Hall–Kier alpha value is -4.17. The van der Waals surface area contributed by atoms with Crippen molar-refractivity contribution in [2.24, 2.45) is 0 Å². The topological polar surface area (TPSA) is 151 Å². The Morgan fingerprint density at radius 1 is 0.857 bits per heavy atom. The number of hydrogen-bond donors (Lipinski definition) is 1. The minimum atomic E-state index is -4.65. The Labute approximate surface area is 297 Å². The van der Waals surface area contributed by atoms with Gasteiger partial charge in [-0.25, -0.2) is 15.0 Å². The van der Waals surface area contributed by atoms with Crippen molar-refractivity contribution in [1.82, 2.24) is 23.8 Å². The largest absolute Gasteiger partial charge is 0.466 e. The Kier molecular flexibility index (Phi) is 17.8. The molecule has 5 aromatic rings. The number of nitrogen functional groups attached to an aromatic ring is 1. The smallest absolute Gasteiger partial charge is 0.434 e. The first-order valence-electron chi connectivity index (χ1n) is 13.2. The van der Waals surface area contributed by atoms with Gasteiger partial charge in [-0.05, 0) is 66.2 Å². The number of Topliss-reactive ketones (excluding diaryl/α,β-unsaturated/α-hetero) is 1. The molecule has 0 saturated carbocycles. The van der Waals surface area contributed by atoms with Gasteiger partial charge in [-0.1, -0.05) is 18.2 Å². The van der Waals surface area contributed by atoms with Gasteiger partial charge in [-0.3, -0.25) is 28.0 Å². The highest BCUT2D eigenvalue weighted by molar-refractivity contribution is 9.93. The quantitative estimate of drug-likeness (QED) is 0.114. The number of carbonyl (C=O) groups is 2. The van der Waals surface area contributed by atoms with Gasteiger partial charge in [0.15, 0.2) is 11.4 Å². The van der Waals surface area contributed by atoms with Gasteiger partial charge in [0.05, 0.1) is 6.61 Å². The third-order valence-corrected chi connectivity index (χ3v) is 5.91. The highest BCUT2D eigenvalue weighted by atomic mass is 80.9. The van der Waals surface area contributed by atoms with E-state index in [-0.39, 0.29) is 23.5 Å². The van der Waals surface area contributed by atoms with Crippen LogP contribution in [0.4, 0.5) is 32.2 Å². The van der Waals surface area contributed by atoms with E-state index in [0.717, 1.165) is 8.80 Å². The molecule has 5 aromatic heterocycles. The van der Waals surface area contributed by atoms with E-state index in [0.29, 0.717) is 18.5 Å². The van der Waals surface area contributed by atoms with Gasteiger partial charge in [0.25, 0.3) is 11.1 Å². The lowest BCUT2D eigenvalue weighted by Gasteiger charge is -2.09. The number of ether oxygens (including phenoxy) is 1. The molecule has 0 aliphatic rings. The van der Waals surface area contributed by atoms with Crippen molar-refractivity contribution in [1.29, 1.82) is 0 Å². The van der Waals surface area contributed by atoms with E-state index in [2.05, 4.69) is 63.9 Å². The number of hydrogen-bond acceptors (Lipinski definition) is 9. The van der Waals surface area contributed by atoms with Crippen LogP contribution < -0.4 is 16.9 Å². The number of anilines is 1. The van der Waals surface area contributed by atoms with Crippen LogP contribution in [0.2, 0.25) is 0 Å². The van der Waals surface area contributed by atoms with Gasteiger partial charge in [0.2, 0.25) is 0 Å². The lowest BCUT2D eigenvalue weighted by molar-refractivity contribution is -0.145. The maximum absolute atomic E-state index is 12.5. The van der Waals surface area contributed by atoms with Crippen LogP contribution in [0, 0.1) is 0 Å². The maximum Gasteiger partial charge on any atom is 0.434 e. The molecule has 0 bridgehead atoms. The van der Waals surface area contributed by atoms with Gasteiger partial charge in [0, 0.05) is 52.9 Å². The average molecular weight is 891 g/mol. The molecule has 0 aromatic carbocycles. The molecule has 0 atom stereocenters. The van der Waals surface area contributed by atoms with E-state index in [9.17, 15) is 45.5 Å². The summed E-state index contributed by atoms with van der Waals surface area (Å²) in [6.07, 6.45) is -4.96. The zero-order chi connectivity index (χ0) is 37.4. The molecule has 0 spiro atoms. The van der Waals surface area contributed by atoms with E-state index in [1.807, 2.05) is 12.1 Å². The molecule has 0 radical (unpaired) electrons. The molecular formula is C29H25Br3F6N6O5. The normalized spacial score (nSPS) is 10.5. The van der Waals surface area contributed by atoms with Crippen LogP contribution in [0.5, 0.6) is 0 Å². The van der Waals surface area contributed by atoms with Crippen LogP contribution >= 0.6 is 44.2 Å². The van der Waals surface area contributed by atoms with Gasteiger partial charge < -0.3 is 10.5 Å². The van der Waals surface area contributed by atoms with E-state index in [1.165, 1.54) is 49.6 Å². The molecule has 2 N–H and O–H groups in total. The van der Waals surface area contributed by atoms with Gasteiger partial charge in [-0.15, -0.1) is 0 Å². The van der Waals surface area contributed by atoms with Crippen molar-refractivity contribution >= 4 is 73.1 Å². The number of rotatable bonds is 3. The molecule has 0 unspecified atom stereocenters. The number of fused-ring (bicyclic) bond motifs is 2. The third-order valence-electron chi connectivity index (χ3n) is 5.20. The summed E-state index contributed by atoms with van der Waals surface area (Å²) in [6, 6.07) is 14.7. The number of alkyl halides is 6. The summed E-state index contributed by atoms with van der Waals surface area (Å²) in [5.41, 5.74) is 1.30. The SMILES string of the molecule is BrBr.CCOC(=O)CC(C)=O.Nc1ccccn1.O=c1c(Br)c(C(F)(F)F)nc2ccccn12.O=c1cc(C(F)(F)F)nc2ccccn12. The number of pyridine rings is 3. The Balaban J connectivity index is 0.000000337. The predicted octanol–water partition coefficient (Wildman–Crippen LogP) is 7.07. The number of esters is 1. The molecule has 11 nitrogen and oxygen atoms in total. The lowest BCUT2D eigenvalue weighted by Crippen LogP contribution is -2.22. The minimum Gasteiger partial charge on any atom is -0.466 e. The van der Waals surface area contributed by atoms with E-state index < -0.39 is 45.3 Å². The Morgan fingerprint density at radius 3 is 1.86 bits per heavy atom. The highest BCUT2D eigenvalue weighted by Crippen LogP contribution is 2.31. The molecular weight excluding hydrogens is 866 g/mol. The van der Waals surface area contributed by atoms with Crippen LogP contribution in [0.1, 0.15) is 31.7 Å². The van der Waals surface area contributed by atoms with Crippen molar-refractivity contribution in [2.75, 3.05) is 12.3 Å². The van der Waals surface area contributed by atoms with E-state index in [1.54, 1.807) is 25.3 Å². The molecule has 20 heteroatoms. The number of nitrogens with zero attached hydrogens (tertiary/aromatic N) is 5. The van der Waals surface area contributed by atoms with Crippen LogP contribution in [0.3, 0.4) is 0 Å². The fourth-order valence-electron chi connectivity index (χ4n) is 3.25. The Morgan fingerprint density at radius 2 is 1.41 bits per heavy atom. The number of nitrogens with two attached hydrogens (primary N) is 1. The number of carbonyl (C=O) groups excluding carboxylic acids is 2. The molecule has 0 amide bonds. The molecule has 49 heavy (non-hydrogen) atoms. The Bertz CT molecular complexity index is 1940. The third kappa shape index (κ3) is 14.5. The van der Waals surface area contributed by atoms with Crippen LogP contribution in [-0.4, -0.2) is 42.1 Å². The molecule has 0 fully saturated rings. The van der Waals surface area contributed by atoms with Gasteiger partial charge in [0.1, 0.15) is 33.8 Å². The summed E-state index contributed by atoms with van der Waals surface area (Å²) in [5, 5.41) is 0. The van der Waals surface area contributed by atoms with Crippen molar-refractivity contribution in [3.05, 3.63) is 116 Å². The second-order valence-electron chi connectivity index (χ2n) is 8.85. The molecule has 0 aliphatic heterocycles. The molecule has 0 saturated heterocycles. The summed E-state index contributed by atoms with van der Waals surface area (Å²) >= 11 is 8.12. The summed E-state index contributed by atoms with van der Waals surface area (Å²) in [4.78, 5) is 54.0. The van der Waals surface area contributed by atoms with Crippen LogP contribution in [0.25, 0.3) is 11.3 Å². The molecule has 5 rings (SSSR count). The summed E-state index contributed by atoms with van der Waals surface area (Å²) < 4.78 is 80.4. The zero-order valence-corrected chi connectivity index (χ0v) is 29.9. The van der Waals surface area contributed by atoms with E-state index in [4.69, 9.17) is 5.73 Å². The summed E-state index contributed by atoms with van der Waals surface area (Å²) in [5.74, 6) is -0.0269. The second kappa shape index (κ2) is 20.4. The minimum absolute atomic E-state index is 0.0164. The molecule has 264 valence electrons. The fraction of sp³-hybridized carbons (Fsp3) is 0.207. The van der Waals surface area contributed by atoms with Crippen LogP contribution in [-0.2, 0) is 26.7 Å². The number of halogens is 9. The summed E-state index contributed by atoms with van der Waals surface area (Å²) in [7, 11) is 0. The average Bonchev–Trinajstić information content (AvgIpc) is 3.04. The predicted molar refractivity (Wildman–Crippen MR) is 179 cm³/mol.